The molecule has 6 nitrogen and oxygen atoms in total. The van der Waals surface area contributed by atoms with Crippen molar-refractivity contribution in [2.75, 3.05) is 49.2 Å². The van der Waals surface area contributed by atoms with Gasteiger partial charge in [0.1, 0.15) is 10.1 Å². The summed E-state index contributed by atoms with van der Waals surface area (Å²) >= 11 is 7.35. The second-order valence-corrected chi connectivity index (χ2v) is 9.57. The van der Waals surface area contributed by atoms with Crippen molar-refractivity contribution in [3.8, 4) is 5.75 Å². The number of benzene rings is 3. The number of thiocarbonyl (C=S) groups is 1. The van der Waals surface area contributed by atoms with Gasteiger partial charge in [0.15, 0.2) is 0 Å². The first-order valence-electron chi connectivity index (χ1n) is 11.1. The van der Waals surface area contributed by atoms with Crippen LogP contribution in [-0.2, 0) is 5.75 Å². The molecule has 3 aromatic rings. The predicted octanol–water partition coefficient (Wildman–Crippen LogP) is 4.87. The number of hydrogen-bond donors (Lipinski definition) is 2. The molecule has 0 radical (unpaired) electrons. The fraction of sp³-hybridized carbons (Fsp3) is 0.231. The summed E-state index contributed by atoms with van der Waals surface area (Å²) in [6.45, 7) is 3.67. The normalized spacial score (nSPS) is 13.4. The van der Waals surface area contributed by atoms with Crippen LogP contribution in [0.4, 0.5) is 17.1 Å². The second kappa shape index (κ2) is 11.3. The highest BCUT2D eigenvalue weighted by atomic mass is 32.2. The van der Waals surface area contributed by atoms with Gasteiger partial charge in [-0.3, -0.25) is 4.79 Å². The minimum absolute atomic E-state index is 0.178. The zero-order valence-corrected chi connectivity index (χ0v) is 20.7. The number of para-hydroxylation sites is 2. The van der Waals surface area contributed by atoms with Gasteiger partial charge in [0.2, 0.25) is 0 Å². The molecular weight excluding hydrogens is 464 g/mol. The highest BCUT2D eigenvalue weighted by molar-refractivity contribution is 8.22. The van der Waals surface area contributed by atoms with Crippen molar-refractivity contribution in [1.82, 2.24) is 4.90 Å². The van der Waals surface area contributed by atoms with Crippen LogP contribution < -0.4 is 20.7 Å². The monoisotopic (exact) mass is 492 g/mol. The lowest BCUT2D eigenvalue weighted by atomic mass is 10.1. The number of methoxy groups -OCH3 is 1. The molecule has 8 heteroatoms. The Morgan fingerprint density at radius 3 is 2.32 bits per heavy atom. The van der Waals surface area contributed by atoms with Crippen molar-refractivity contribution < 1.29 is 9.53 Å². The molecule has 1 fully saturated rings. The summed E-state index contributed by atoms with van der Waals surface area (Å²) in [7, 11) is 1.68. The number of ether oxygens (including phenoxy) is 1. The molecule has 1 aliphatic rings. The van der Waals surface area contributed by atoms with Gasteiger partial charge < -0.3 is 25.6 Å². The van der Waals surface area contributed by atoms with E-state index in [1.807, 2.05) is 48.5 Å². The zero-order valence-electron chi connectivity index (χ0n) is 19.1. The number of carbonyl (C=O) groups is 1. The van der Waals surface area contributed by atoms with Crippen LogP contribution >= 0.6 is 24.0 Å². The van der Waals surface area contributed by atoms with E-state index in [-0.39, 0.29) is 5.91 Å². The quantitative estimate of drug-likeness (QED) is 0.376. The van der Waals surface area contributed by atoms with E-state index in [1.165, 1.54) is 5.69 Å². The van der Waals surface area contributed by atoms with Gasteiger partial charge in [-0.2, -0.15) is 0 Å². The number of thioether (sulfide) groups is 1. The Hall–Kier alpha value is -3.23. The summed E-state index contributed by atoms with van der Waals surface area (Å²) < 4.78 is 6.16. The van der Waals surface area contributed by atoms with Crippen molar-refractivity contribution >= 4 is 51.3 Å². The molecule has 1 amide bonds. The molecule has 0 aliphatic carbocycles. The number of anilines is 3. The molecule has 0 atom stereocenters. The molecule has 0 spiro atoms. The Kier molecular flexibility index (Phi) is 7.92. The predicted molar refractivity (Wildman–Crippen MR) is 146 cm³/mol. The van der Waals surface area contributed by atoms with Crippen molar-refractivity contribution in [1.29, 1.82) is 0 Å². The molecule has 3 aromatic carbocycles. The fourth-order valence-electron chi connectivity index (χ4n) is 3.73. The van der Waals surface area contributed by atoms with Gasteiger partial charge in [0.25, 0.3) is 5.91 Å². The summed E-state index contributed by atoms with van der Waals surface area (Å²) in [6.07, 6.45) is 0. The third-order valence-corrected chi connectivity index (χ3v) is 7.36. The van der Waals surface area contributed by atoms with Crippen LogP contribution in [0.2, 0.25) is 0 Å². The van der Waals surface area contributed by atoms with E-state index in [9.17, 15) is 4.79 Å². The fourth-order valence-corrected chi connectivity index (χ4v) is 4.94. The molecule has 34 heavy (non-hydrogen) atoms. The zero-order chi connectivity index (χ0) is 23.9. The Morgan fingerprint density at radius 1 is 1.00 bits per heavy atom. The van der Waals surface area contributed by atoms with E-state index >= 15 is 0 Å². The van der Waals surface area contributed by atoms with E-state index < -0.39 is 0 Å². The second-order valence-electron chi connectivity index (χ2n) is 7.97. The number of piperazine rings is 1. The summed E-state index contributed by atoms with van der Waals surface area (Å²) in [5, 5.41) is 2.85. The van der Waals surface area contributed by atoms with E-state index in [2.05, 4.69) is 27.2 Å². The van der Waals surface area contributed by atoms with Crippen LogP contribution in [0.25, 0.3) is 0 Å². The first kappa shape index (κ1) is 23.9. The van der Waals surface area contributed by atoms with E-state index in [1.54, 1.807) is 31.0 Å². The first-order valence-corrected chi connectivity index (χ1v) is 12.5. The lowest BCUT2D eigenvalue weighted by molar-refractivity contribution is 0.102. The molecule has 4 rings (SSSR count). The minimum atomic E-state index is -0.178. The number of nitrogens with two attached hydrogens (primary N) is 1. The largest absolute Gasteiger partial charge is 0.497 e. The van der Waals surface area contributed by atoms with Gasteiger partial charge in [0, 0.05) is 43.2 Å². The lowest BCUT2D eigenvalue weighted by Crippen LogP contribution is -2.47. The number of nitrogens with zero attached hydrogens (tertiary/aromatic N) is 2. The number of nitrogen functional groups attached to an aromatic ring is 1. The molecule has 0 saturated carbocycles. The average Bonchev–Trinajstić information content (AvgIpc) is 2.89. The van der Waals surface area contributed by atoms with Crippen molar-refractivity contribution in [3.63, 3.8) is 0 Å². The lowest BCUT2D eigenvalue weighted by Gasteiger charge is -2.37. The van der Waals surface area contributed by atoms with E-state index in [4.69, 9.17) is 22.7 Å². The minimum Gasteiger partial charge on any atom is -0.497 e. The summed E-state index contributed by atoms with van der Waals surface area (Å²) in [6, 6.07) is 23.0. The van der Waals surface area contributed by atoms with Gasteiger partial charge in [-0.15, -0.1) is 0 Å². The van der Waals surface area contributed by atoms with Crippen LogP contribution in [0.5, 0.6) is 5.75 Å². The molecule has 1 aliphatic heterocycles. The first-order chi connectivity index (χ1) is 16.5. The van der Waals surface area contributed by atoms with Crippen LogP contribution in [0.15, 0.2) is 72.8 Å². The van der Waals surface area contributed by atoms with Gasteiger partial charge in [0.05, 0.1) is 18.5 Å². The van der Waals surface area contributed by atoms with Gasteiger partial charge in [-0.05, 0) is 54.1 Å². The highest BCUT2D eigenvalue weighted by Crippen LogP contribution is 2.23. The van der Waals surface area contributed by atoms with E-state index in [0.29, 0.717) is 16.9 Å². The third kappa shape index (κ3) is 6.01. The summed E-state index contributed by atoms with van der Waals surface area (Å²) in [4.78, 5) is 17.1. The number of hydrogen-bond acceptors (Lipinski definition) is 6. The summed E-state index contributed by atoms with van der Waals surface area (Å²) in [5.74, 6) is 1.46. The molecule has 0 bridgehead atoms. The number of nitrogens with one attached hydrogen (secondary N) is 1. The maximum Gasteiger partial charge on any atom is 0.255 e. The Labute approximate surface area is 210 Å². The molecule has 176 valence electrons. The van der Waals surface area contributed by atoms with Crippen LogP contribution in [0.1, 0.15) is 15.9 Å². The molecule has 0 unspecified atom stereocenters. The van der Waals surface area contributed by atoms with Crippen LogP contribution in [0.3, 0.4) is 0 Å². The Balaban J connectivity index is 1.24. The molecule has 1 heterocycles. The van der Waals surface area contributed by atoms with E-state index in [0.717, 1.165) is 47.6 Å². The topological polar surface area (TPSA) is 70.8 Å². The number of rotatable bonds is 6. The standard InChI is InChI=1S/C26H28N4O2S2/c1-32-22-12-10-21(11-13-22)29-14-16-30(17-15-29)26(33)34-18-19-6-8-20(9-7-19)25(31)28-24-5-3-2-4-23(24)27/h2-13H,14-18,27H2,1H3,(H,28,31). The summed E-state index contributed by atoms with van der Waals surface area (Å²) in [5.41, 5.74) is 9.99. The smallest absolute Gasteiger partial charge is 0.255 e. The van der Waals surface area contributed by atoms with Crippen LogP contribution in [-0.4, -0.2) is 48.4 Å². The van der Waals surface area contributed by atoms with Gasteiger partial charge >= 0.3 is 0 Å². The molecule has 1 saturated heterocycles. The van der Waals surface area contributed by atoms with Crippen molar-refractivity contribution in [2.24, 2.45) is 0 Å². The average molecular weight is 493 g/mol. The number of carbonyl (C=O) groups excluding carboxylic acids is 1. The van der Waals surface area contributed by atoms with Crippen molar-refractivity contribution in [3.05, 3.63) is 83.9 Å². The number of amides is 1. The molecule has 3 N–H and O–H groups in total. The maximum absolute atomic E-state index is 12.5. The van der Waals surface area contributed by atoms with Gasteiger partial charge in [-0.25, -0.2) is 0 Å². The van der Waals surface area contributed by atoms with Gasteiger partial charge in [-0.1, -0.05) is 48.2 Å². The highest BCUT2D eigenvalue weighted by Gasteiger charge is 2.19. The SMILES string of the molecule is COc1ccc(N2CCN(C(=S)SCc3ccc(C(=O)Nc4ccccc4N)cc3)CC2)cc1. The molecular formula is C26H28N4O2S2. The van der Waals surface area contributed by atoms with Crippen LogP contribution in [0, 0.1) is 0 Å². The maximum atomic E-state index is 12.5. The Bertz CT molecular complexity index is 1130. The van der Waals surface area contributed by atoms with Crippen molar-refractivity contribution in [2.45, 2.75) is 5.75 Å². The molecule has 0 aromatic heterocycles. The third-order valence-electron chi connectivity index (χ3n) is 5.76. The Morgan fingerprint density at radius 2 is 1.68 bits per heavy atom.